The van der Waals surface area contributed by atoms with Crippen LogP contribution in [-0.2, 0) is 23.4 Å². The number of aromatic nitrogens is 7. The first-order valence-corrected chi connectivity index (χ1v) is 9.95. The second kappa shape index (κ2) is 6.80. The number of rotatable bonds is 6. The molecule has 3 aromatic rings. The van der Waals surface area contributed by atoms with E-state index in [4.69, 9.17) is 0 Å². The third kappa shape index (κ3) is 3.13. The Morgan fingerprint density at radius 2 is 2.10 bits per heavy atom. The van der Waals surface area contributed by atoms with Gasteiger partial charge in [0.2, 0.25) is 5.91 Å². The lowest BCUT2D eigenvalue weighted by Crippen LogP contribution is -2.60. The molecule has 0 saturated carbocycles. The zero-order valence-corrected chi connectivity index (χ0v) is 16.6. The van der Waals surface area contributed by atoms with E-state index in [1.54, 1.807) is 23.4 Å². The first kappa shape index (κ1) is 18.0. The SMILES string of the molecule is CC(C)n1ncnc1CN1CC2(CC(NC(=O)Cn3cccn3)c3nccn32)C1. The summed E-state index contributed by atoms with van der Waals surface area (Å²) in [6.45, 7) is 7.04. The maximum Gasteiger partial charge on any atom is 0.242 e. The number of fused-ring (bicyclic) bond motifs is 2. The molecule has 0 bridgehead atoms. The van der Waals surface area contributed by atoms with Crippen molar-refractivity contribution in [2.24, 2.45) is 0 Å². The maximum absolute atomic E-state index is 12.5. The average molecular weight is 395 g/mol. The smallest absolute Gasteiger partial charge is 0.242 e. The van der Waals surface area contributed by atoms with Crippen molar-refractivity contribution in [1.29, 1.82) is 0 Å². The molecular formula is C19H25N9O. The highest BCUT2D eigenvalue weighted by atomic mass is 16.2. The summed E-state index contributed by atoms with van der Waals surface area (Å²) in [6.07, 6.45) is 9.79. The molecular weight excluding hydrogens is 370 g/mol. The summed E-state index contributed by atoms with van der Waals surface area (Å²) in [5.41, 5.74) is -0.0157. The molecule has 10 heteroatoms. The van der Waals surface area contributed by atoms with E-state index in [0.717, 1.165) is 37.7 Å². The lowest BCUT2D eigenvalue weighted by atomic mass is 9.86. The summed E-state index contributed by atoms with van der Waals surface area (Å²) in [5.74, 6) is 1.87. The minimum atomic E-state index is -0.0745. The van der Waals surface area contributed by atoms with E-state index >= 15 is 0 Å². The quantitative estimate of drug-likeness (QED) is 0.661. The van der Waals surface area contributed by atoms with Gasteiger partial charge in [0, 0.05) is 50.3 Å². The highest BCUT2D eigenvalue weighted by Gasteiger charge is 2.52. The van der Waals surface area contributed by atoms with Gasteiger partial charge in [-0.1, -0.05) is 0 Å². The van der Waals surface area contributed by atoms with Gasteiger partial charge in [-0.2, -0.15) is 10.2 Å². The molecule has 0 aliphatic carbocycles. The van der Waals surface area contributed by atoms with E-state index in [9.17, 15) is 4.79 Å². The van der Waals surface area contributed by atoms with Crippen LogP contribution in [0.25, 0.3) is 0 Å². The minimum Gasteiger partial charge on any atom is -0.344 e. The minimum absolute atomic E-state index is 0.0157. The van der Waals surface area contributed by atoms with Gasteiger partial charge >= 0.3 is 0 Å². The maximum atomic E-state index is 12.5. The molecule has 1 amide bonds. The van der Waals surface area contributed by atoms with Crippen LogP contribution in [0.1, 0.15) is 44.0 Å². The van der Waals surface area contributed by atoms with Crippen LogP contribution in [0, 0.1) is 0 Å². The van der Waals surface area contributed by atoms with Crippen molar-refractivity contribution in [2.75, 3.05) is 13.1 Å². The van der Waals surface area contributed by atoms with Gasteiger partial charge in [0.25, 0.3) is 0 Å². The molecule has 1 fully saturated rings. The van der Waals surface area contributed by atoms with Crippen molar-refractivity contribution in [2.45, 2.75) is 51.0 Å². The molecule has 1 atom stereocenters. The summed E-state index contributed by atoms with van der Waals surface area (Å²) in [4.78, 5) is 23.8. The molecule has 1 saturated heterocycles. The largest absolute Gasteiger partial charge is 0.344 e. The summed E-state index contributed by atoms with van der Waals surface area (Å²) in [6, 6.07) is 2.03. The van der Waals surface area contributed by atoms with Crippen LogP contribution in [0.2, 0.25) is 0 Å². The number of carbonyl (C=O) groups excluding carboxylic acids is 1. The molecule has 0 radical (unpaired) electrons. The number of likely N-dealkylation sites (tertiary alicyclic amines) is 1. The number of hydrogen-bond donors (Lipinski definition) is 1. The number of hydrogen-bond acceptors (Lipinski definition) is 6. The normalized spacial score (nSPS) is 20.2. The summed E-state index contributed by atoms with van der Waals surface area (Å²) < 4.78 is 5.85. The Bertz CT molecular complexity index is 997. The summed E-state index contributed by atoms with van der Waals surface area (Å²) in [5, 5.41) is 11.6. The van der Waals surface area contributed by atoms with Crippen molar-refractivity contribution < 1.29 is 4.79 Å². The Labute approximate surface area is 168 Å². The van der Waals surface area contributed by atoms with Crippen LogP contribution in [0.15, 0.2) is 37.2 Å². The monoisotopic (exact) mass is 395 g/mol. The van der Waals surface area contributed by atoms with Crippen LogP contribution in [0.4, 0.5) is 0 Å². The molecule has 5 rings (SSSR count). The van der Waals surface area contributed by atoms with Gasteiger partial charge in [-0.05, 0) is 19.9 Å². The van der Waals surface area contributed by atoms with E-state index in [1.807, 2.05) is 23.1 Å². The van der Waals surface area contributed by atoms with Crippen LogP contribution < -0.4 is 5.32 Å². The molecule has 1 unspecified atom stereocenters. The van der Waals surface area contributed by atoms with Crippen molar-refractivity contribution in [3.63, 3.8) is 0 Å². The summed E-state index contributed by atoms with van der Waals surface area (Å²) >= 11 is 0. The van der Waals surface area contributed by atoms with Gasteiger partial charge in [-0.3, -0.25) is 14.4 Å². The van der Waals surface area contributed by atoms with E-state index in [-0.39, 0.29) is 24.0 Å². The van der Waals surface area contributed by atoms with Crippen LogP contribution in [-0.4, -0.2) is 58.0 Å². The number of carbonyl (C=O) groups is 1. The van der Waals surface area contributed by atoms with Crippen molar-refractivity contribution in [3.8, 4) is 0 Å². The number of nitrogens with one attached hydrogen (secondary N) is 1. The molecule has 2 aliphatic heterocycles. The van der Waals surface area contributed by atoms with E-state index in [1.165, 1.54) is 0 Å². The number of imidazole rings is 1. The lowest BCUT2D eigenvalue weighted by Gasteiger charge is -2.49. The second-order valence-electron chi connectivity index (χ2n) is 8.27. The third-order valence-electron chi connectivity index (χ3n) is 5.81. The zero-order valence-electron chi connectivity index (χ0n) is 16.6. The van der Waals surface area contributed by atoms with Gasteiger partial charge in [-0.25, -0.2) is 14.6 Å². The predicted octanol–water partition coefficient (Wildman–Crippen LogP) is 0.724. The van der Waals surface area contributed by atoms with Crippen molar-refractivity contribution in [3.05, 3.63) is 48.8 Å². The van der Waals surface area contributed by atoms with Gasteiger partial charge in [-0.15, -0.1) is 0 Å². The number of amides is 1. The predicted molar refractivity (Wildman–Crippen MR) is 104 cm³/mol. The molecule has 5 heterocycles. The van der Waals surface area contributed by atoms with Crippen molar-refractivity contribution >= 4 is 5.91 Å². The average Bonchev–Trinajstić information content (AvgIpc) is 3.40. The topological polar surface area (TPSA) is 98.7 Å². The van der Waals surface area contributed by atoms with Gasteiger partial charge < -0.3 is 9.88 Å². The Hall–Kier alpha value is -3.01. The molecule has 152 valence electrons. The first-order valence-electron chi connectivity index (χ1n) is 9.95. The Morgan fingerprint density at radius 1 is 1.24 bits per heavy atom. The van der Waals surface area contributed by atoms with E-state index < -0.39 is 0 Å². The van der Waals surface area contributed by atoms with E-state index in [0.29, 0.717) is 6.04 Å². The molecule has 1 spiro atoms. The van der Waals surface area contributed by atoms with Gasteiger partial charge in [0.15, 0.2) is 0 Å². The van der Waals surface area contributed by atoms with E-state index in [2.05, 4.69) is 48.8 Å². The number of nitrogens with zero attached hydrogens (tertiary/aromatic N) is 8. The highest BCUT2D eigenvalue weighted by molar-refractivity contribution is 5.76. The standard InChI is InChI=1S/C19H25N9O/c1-14(2)28-16(21-13-23-28)9-25-11-19(12-25)8-15(18-20-5-7-27(18)19)24-17(29)10-26-6-3-4-22-26/h3-7,13-15H,8-12H2,1-2H3,(H,24,29). The third-order valence-corrected chi connectivity index (χ3v) is 5.81. The lowest BCUT2D eigenvalue weighted by molar-refractivity contribution is -0.122. The highest BCUT2D eigenvalue weighted by Crippen LogP contribution is 2.44. The molecule has 3 aromatic heterocycles. The van der Waals surface area contributed by atoms with Crippen LogP contribution in [0.5, 0.6) is 0 Å². The molecule has 10 nitrogen and oxygen atoms in total. The zero-order chi connectivity index (χ0) is 20.0. The first-order chi connectivity index (χ1) is 14.0. The fourth-order valence-corrected chi connectivity index (χ4v) is 4.64. The molecule has 0 aromatic carbocycles. The van der Waals surface area contributed by atoms with Gasteiger partial charge in [0.05, 0.1) is 18.1 Å². The Kier molecular flexibility index (Phi) is 4.23. The Morgan fingerprint density at radius 3 is 2.86 bits per heavy atom. The van der Waals surface area contributed by atoms with Crippen LogP contribution in [0.3, 0.4) is 0 Å². The summed E-state index contributed by atoms with van der Waals surface area (Å²) in [7, 11) is 0. The van der Waals surface area contributed by atoms with Gasteiger partial charge in [0.1, 0.15) is 24.5 Å². The molecule has 29 heavy (non-hydrogen) atoms. The second-order valence-corrected chi connectivity index (χ2v) is 8.27. The van der Waals surface area contributed by atoms with Crippen LogP contribution >= 0.6 is 0 Å². The fraction of sp³-hybridized carbons (Fsp3) is 0.526. The fourth-order valence-electron chi connectivity index (χ4n) is 4.64. The molecule has 1 N–H and O–H groups in total. The Balaban J connectivity index is 1.25. The molecule has 2 aliphatic rings. The van der Waals surface area contributed by atoms with Crippen molar-refractivity contribution in [1.82, 2.24) is 44.3 Å².